The zero-order valence-corrected chi connectivity index (χ0v) is 21.0. The van der Waals surface area contributed by atoms with E-state index in [0.29, 0.717) is 12.1 Å². The molecule has 0 amide bonds. The fraction of sp³-hybridized carbons (Fsp3) is 0.0455. The highest BCUT2D eigenvalue weighted by molar-refractivity contribution is 6.69. The summed E-state index contributed by atoms with van der Waals surface area (Å²) in [7, 11) is 0. The first-order valence-corrected chi connectivity index (χ1v) is 11.4. The SMILES string of the molecule is N=C1O[C@H](c2cccc([N+](=O)[O-])c2)C(=N/Nc2ccc([N+](=O)[O-])cc2[N+](=O)[O-])/C1=N\Nc1ccc([N+](=O)[O-])cc1[N+](=O)[O-]. The van der Waals surface area contributed by atoms with Gasteiger partial charge in [0.05, 0.1) is 36.7 Å². The van der Waals surface area contributed by atoms with Crippen LogP contribution in [-0.4, -0.2) is 41.9 Å². The van der Waals surface area contributed by atoms with Crippen molar-refractivity contribution in [3.8, 4) is 0 Å². The van der Waals surface area contributed by atoms with Crippen molar-refractivity contribution in [3.63, 3.8) is 0 Å². The molecule has 3 aromatic rings. The van der Waals surface area contributed by atoms with Gasteiger partial charge in [0.2, 0.25) is 5.90 Å². The highest BCUT2D eigenvalue weighted by atomic mass is 16.6. The third-order valence-corrected chi connectivity index (χ3v) is 5.69. The molecule has 0 unspecified atom stereocenters. The first kappa shape index (κ1) is 29.1. The fourth-order valence-corrected chi connectivity index (χ4v) is 3.71. The number of non-ortho nitro benzene ring substituents is 3. The van der Waals surface area contributed by atoms with Crippen molar-refractivity contribution < 1.29 is 29.4 Å². The van der Waals surface area contributed by atoms with E-state index in [-0.39, 0.29) is 28.3 Å². The van der Waals surface area contributed by atoms with Crippen molar-refractivity contribution in [2.24, 2.45) is 10.2 Å². The van der Waals surface area contributed by atoms with Gasteiger partial charge in [0.25, 0.3) is 17.1 Å². The minimum Gasteiger partial charge on any atom is -0.461 e. The lowest BCUT2D eigenvalue weighted by Crippen LogP contribution is -2.20. The molecule has 0 aliphatic carbocycles. The van der Waals surface area contributed by atoms with Crippen molar-refractivity contribution in [2.75, 3.05) is 10.9 Å². The standard InChI is InChI=1S/C22H14N10O11/c23-22-20(27-25-16-7-5-14(30(37)38)10-18(16)32(41)42)19(21(43-22)11-2-1-3-12(8-11)28(33)34)26-24-15-6-4-13(29(35)36)9-17(15)31(39)40/h1-10,21,23-25H/b23-22?,26-19+,27-20+/t21-/m1/s1. The Morgan fingerprint density at radius 2 is 1.14 bits per heavy atom. The van der Waals surface area contributed by atoms with E-state index in [0.717, 1.165) is 30.3 Å². The predicted octanol–water partition coefficient (Wildman–Crippen LogP) is 4.21. The second-order valence-electron chi connectivity index (χ2n) is 8.29. The third-order valence-electron chi connectivity index (χ3n) is 5.69. The van der Waals surface area contributed by atoms with Gasteiger partial charge in [-0.25, -0.2) is 0 Å². The number of benzene rings is 3. The van der Waals surface area contributed by atoms with Gasteiger partial charge in [0, 0.05) is 29.8 Å². The minimum atomic E-state index is -1.36. The molecule has 21 heteroatoms. The first-order valence-electron chi connectivity index (χ1n) is 11.4. The Kier molecular flexibility index (Phi) is 7.89. The van der Waals surface area contributed by atoms with Crippen molar-refractivity contribution in [1.82, 2.24) is 0 Å². The number of hydrazone groups is 2. The molecule has 1 atom stereocenters. The lowest BCUT2D eigenvalue weighted by Gasteiger charge is -2.11. The summed E-state index contributed by atoms with van der Waals surface area (Å²) in [6, 6.07) is 10.3. The van der Waals surface area contributed by atoms with Gasteiger partial charge < -0.3 is 4.74 Å². The Hall–Kier alpha value is -6.93. The maximum absolute atomic E-state index is 11.5. The number of hydrogen-bond donors (Lipinski definition) is 3. The topological polar surface area (TPSA) is 298 Å². The van der Waals surface area contributed by atoms with Crippen molar-refractivity contribution in [2.45, 2.75) is 6.10 Å². The van der Waals surface area contributed by atoms with E-state index in [2.05, 4.69) is 21.1 Å². The molecule has 43 heavy (non-hydrogen) atoms. The predicted molar refractivity (Wildman–Crippen MR) is 146 cm³/mol. The molecule has 1 aliphatic rings. The molecule has 1 aliphatic heterocycles. The second-order valence-corrected chi connectivity index (χ2v) is 8.29. The maximum atomic E-state index is 11.5. The molecule has 1 saturated heterocycles. The number of rotatable bonds is 10. The zero-order valence-electron chi connectivity index (χ0n) is 21.0. The van der Waals surface area contributed by atoms with Crippen LogP contribution < -0.4 is 10.9 Å². The summed E-state index contributed by atoms with van der Waals surface area (Å²) in [5.74, 6) is -0.674. The summed E-state index contributed by atoms with van der Waals surface area (Å²) in [5.41, 5.74) is 0.441. The Morgan fingerprint density at radius 1 is 0.651 bits per heavy atom. The molecule has 218 valence electrons. The monoisotopic (exact) mass is 594 g/mol. The summed E-state index contributed by atoms with van der Waals surface area (Å²) in [4.78, 5) is 52.3. The molecule has 3 aromatic carbocycles. The van der Waals surface area contributed by atoms with Crippen LogP contribution in [0, 0.1) is 56.0 Å². The molecule has 0 bridgehead atoms. The molecule has 21 nitrogen and oxygen atoms in total. The van der Waals surface area contributed by atoms with E-state index in [1.54, 1.807) is 0 Å². The Bertz CT molecular complexity index is 1790. The minimum absolute atomic E-state index is 0.101. The molecule has 0 saturated carbocycles. The number of nitrogens with one attached hydrogen (secondary N) is 3. The molecular formula is C22H14N10O11. The van der Waals surface area contributed by atoms with Crippen molar-refractivity contribution in [3.05, 3.63) is 117 Å². The van der Waals surface area contributed by atoms with Crippen LogP contribution in [0.4, 0.5) is 39.8 Å². The third kappa shape index (κ3) is 6.13. The molecule has 0 aromatic heterocycles. The van der Waals surface area contributed by atoms with Crippen molar-refractivity contribution >= 4 is 57.1 Å². The van der Waals surface area contributed by atoms with Gasteiger partial charge >= 0.3 is 11.4 Å². The van der Waals surface area contributed by atoms with E-state index in [4.69, 9.17) is 10.1 Å². The second kappa shape index (κ2) is 11.7. The average Bonchev–Trinajstić information content (AvgIpc) is 3.29. The van der Waals surface area contributed by atoms with Gasteiger partial charge in [-0.3, -0.25) is 66.8 Å². The van der Waals surface area contributed by atoms with Crippen LogP contribution in [0.1, 0.15) is 11.7 Å². The molecule has 1 heterocycles. The van der Waals surface area contributed by atoms with Crippen LogP contribution in [0.5, 0.6) is 0 Å². The quantitative estimate of drug-likeness (QED) is 0.219. The number of nitrogens with zero attached hydrogens (tertiary/aromatic N) is 7. The summed E-state index contributed by atoms with van der Waals surface area (Å²) < 4.78 is 5.51. The molecular weight excluding hydrogens is 580 g/mol. The lowest BCUT2D eigenvalue weighted by molar-refractivity contribution is -0.393. The Balaban J connectivity index is 1.80. The smallest absolute Gasteiger partial charge is 0.301 e. The van der Waals surface area contributed by atoms with Gasteiger partial charge in [-0.05, 0) is 12.1 Å². The van der Waals surface area contributed by atoms with Gasteiger partial charge in [0.15, 0.2) is 11.8 Å². The van der Waals surface area contributed by atoms with E-state index in [1.807, 2.05) is 0 Å². The van der Waals surface area contributed by atoms with Gasteiger partial charge in [-0.1, -0.05) is 12.1 Å². The van der Waals surface area contributed by atoms with Crippen LogP contribution in [0.25, 0.3) is 0 Å². The fourth-order valence-electron chi connectivity index (χ4n) is 3.71. The van der Waals surface area contributed by atoms with Crippen molar-refractivity contribution in [1.29, 1.82) is 5.41 Å². The van der Waals surface area contributed by atoms with Gasteiger partial charge in [-0.15, -0.1) is 0 Å². The van der Waals surface area contributed by atoms with E-state index < -0.39 is 65.1 Å². The molecule has 3 N–H and O–H groups in total. The van der Waals surface area contributed by atoms with Crippen LogP contribution in [0.3, 0.4) is 0 Å². The number of ether oxygens (including phenoxy) is 1. The van der Waals surface area contributed by atoms with Crippen LogP contribution in [0.2, 0.25) is 0 Å². The van der Waals surface area contributed by atoms with Gasteiger partial charge in [-0.2, -0.15) is 10.2 Å². The molecule has 1 fully saturated rings. The normalized spacial score (nSPS) is 16.0. The summed E-state index contributed by atoms with van der Waals surface area (Å²) in [6.07, 6.45) is -1.36. The van der Waals surface area contributed by atoms with E-state index in [9.17, 15) is 50.6 Å². The number of hydrogen-bond acceptors (Lipinski definition) is 16. The van der Waals surface area contributed by atoms with Crippen LogP contribution in [-0.2, 0) is 4.74 Å². The van der Waals surface area contributed by atoms with E-state index in [1.165, 1.54) is 18.2 Å². The largest absolute Gasteiger partial charge is 0.461 e. The highest BCUT2D eigenvalue weighted by Gasteiger charge is 2.38. The number of nitro benzene ring substituents is 5. The summed E-state index contributed by atoms with van der Waals surface area (Å²) in [5, 5.41) is 72.7. The summed E-state index contributed by atoms with van der Waals surface area (Å²) >= 11 is 0. The molecule has 4 rings (SSSR count). The molecule has 0 spiro atoms. The van der Waals surface area contributed by atoms with E-state index >= 15 is 0 Å². The summed E-state index contributed by atoms with van der Waals surface area (Å²) in [6.45, 7) is 0. The maximum Gasteiger partial charge on any atom is 0.301 e. The van der Waals surface area contributed by atoms with Gasteiger partial charge in [0.1, 0.15) is 17.1 Å². The highest BCUT2D eigenvalue weighted by Crippen LogP contribution is 2.33. The Morgan fingerprint density at radius 3 is 1.63 bits per heavy atom. The van der Waals surface area contributed by atoms with Crippen LogP contribution in [0.15, 0.2) is 70.9 Å². The first-order chi connectivity index (χ1) is 20.4. The zero-order chi connectivity index (χ0) is 31.4. The Labute approximate surface area is 236 Å². The average molecular weight is 594 g/mol. The molecule has 0 radical (unpaired) electrons. The lowest BCUT2D eigenvalue weighted by atomic mass is 10.0. The number of anilines is 2. The van der Waals surface area contributed by atoms with Crippen LogP contribution >= 0.6 is 0 Å². The number of nitro groups is 5.